The quantitative estimate of drug-likeness (QED) is 0.484. The number of hydrogen-bond acceptors (Lipinski definition) is 1. The van der Waals surface area contributed by atoms with Gasteiger partial charge in [-0.05, 0) is 27.8 Å². The summed E-state index contributed by atoms with van der Waals surface area (Å²) in [5.74, 6) is -0.0130. The fourth-order valence-corrected chi connectivity index (χ4v) is 4.86. The Balaban J connectivity index is 1.83. The van der Waals surface area contributed by atoms with Gasteiger partial charge in [-0.2, -0.15) is 0 Å². The Morgan fingerprint density at radius 1 is 0.536 bits per heavy atom. The lowest BCUT2D eigenvalue weighted by Crippen LogP contribution is -2.32. The number of aliphatic hydroxyl groups is 1. The van der Waals surface area contributed by atoms with E-state index in [9.17, 15) is 5.11 Å². The first kappa shape index (κ1) is 17.0. The first-order chi connectivity index (χ1) is 13.8. The standard InChI is InChI=1S/C27H22O/c28-27(22-16-8-3-9-17-22)24-19-11-10-18-23(24)25(20-12-4-1-5-13-20)26(27)21-14-6-2-7-15-21/h1-19,25-26,28H/t25-,26+,27+/m0/s1. The van der Waals surface area contributed by atoms with Crippen LogP contribution in [-0.2, 0) is 5.60 Å². The molecule has 1 N–H and O–H groups in total. The highest BCUT2D eigenvalue weighted by molar-refractivity contribution is 5.57. The summed E-state index contributed by atoms with van der Waals surface area (Å²) >= 11 is 0. The zero-order valence-corrected chi connectivity index (χ0v) is 15.6. The summed E-state index contributed by atoms with van der Waals surface area (Å²) in [6, 6.07) is 39.5. The number of benzene rings is 4. The van der Waals surface area contributed by atoms with Crippen LogP contribution in [0, 0.1) is 0 Å². The maximum atomic E-state index is 12.4. The van der Waals surface area contributed by atoms with E-state index in [0.29, 0.717) is 0 Å². The van der Waals surface area contributed by atoms with E-state index in [2.05, 4.69) is 66.7 Å². The summed E-state index contributed by atoms with van der Waals surface area (Å²) in [5, 5.41) is 12.4. The molecule has 4 aromatic carbocycles. The van der Waals surface area contributed by atoms with Crippen LogP contribution < -0.4 is 0 Å². The van der Waals surface area contributed by atoms with Crippen LogP contribution in [-0.4, -0.2) is 5.11 Å². The molecule has 0 fully saturated rings. The monoisotopic (exact) mass is 362 g/mol. The summed E-state index contributed by atoms with van der Waals surface area (Å²) in [7, 11) is 0. The van der Waals surface area contributed by atoms with Crippen molar-refractivity contribution in [3.05, 3.63) is 143 Å². The van der Waals surface area contributed by atoms with Gasteiger partial charge >= 0.3 is 0 Å². The highest BCUT2D eigenvalue weighted by atomic mass is 16.3. The average molecular weight is 362 g/mol. The molecule has 4 aromatic rings. The Hall–Kier alpha value is -3.16. The molecule has 28 heavy (non-hydrogen) atoms. The maximum absolute atomic E-state index is 12.4. The molecule has 0 saturated heterocycles. The van der Waals surface area contributed by atoms with Crippen LogP contribution in [0.1, 0.15) is 39.7 Å². The zero-order chi connectivity index (χ0) is 19.0. The molecule has 0 unspecified atom stereocenters. The van der Waals surface area contributed by atoms with Gasteiger partial charge in [-0.15, -0.1) is 0 Å². The summed E-state index contributed by atoms with van der Waals surface area (Å²) in [5.41, 5.74) is 4.45. The second-order valence-electron chi connectivity index (χ2n) is 7.50. The number of hydrogen-bond donors (Lipinski definition) is 1. The third-order valence-electron chi connectivity index (χ3n) is 6.02. The van der Waals surface area contributed by atoms with Crippen molar-refractivity contribution < 1.29 is 5.11 Å². The van der Waals surface area contributed by atoms with Gasteiger partial charge in [0.2, 0.25) is 0 Å². The Kier molecular flexibility index (Phi) is 4.11. The molecule has 0 heterocycles. The van der Waals surface area contributed by atoms with Crippen molar-refractivity contribution in [2.24, 2.45) is 0 Å². The van der Waals surface area contributed by atoms with Crippen molar-refractivity contribution in [2.75, 3.05) is 0 Å². The Morgan fingerprint density at radius 2 is 1.04 bits per heavy atom. The molecule has 1 aliphatic carbocycles. The SMILES string of the molecule is O[C@]1(c2ccccc2)c2ccccc2[C@H](c2ccccc2)[C@H]1c1ccccc1. The van der Waals surface area contributed by atoms with Crippen molar-refractivity contribution in [2.45, 2.75) is 17.4 Å². The topological polar surface area (TPSA) is 20.2 Å². The largest absolute Gasteiger partial charge is 0.380 e. The van der Waals surface area contributed by atoms with Crippen molar-refractivity contribution >= 4 is 0 Å². The lowest BCUT2D eigenvalue weighted by molar-refractivity contribution is 0.0576. The molecule has 3 atom stereocenters. The fourth-order valence-electron chi connectivity index (χ4n) is 4.86. The minimum atomic E-state index is -1.08. The zero-order valence-electron chi connectivity index (χ0n) is 15.6. The van der Waals surface area contributed by atoms with Gasteiger partial charge in [-0.1, -0.05) is 115 Å². The van der Waals surface area contributed by atoms with Gasteiger partial charge < -0.3 is 5.11 Å². The normalized spacial score (nSPS) is 23.3. The highest BCUT2D eigenvalue weighted by Gasteiger charge is 2.53. The summed E-state index contributed by atoms with van der Waals surface area (Å²) in [6.45, 7) is 0. The molecular formula is C27H22O. The molecule has 0 aromatic heterocycles. The van der Waals surface area contributed by atoms with Crippen molar-refractivity contribution in [3.63, 3.8) is 0 Å². The van der Waals surface area contributed by atoms with Crippen LogP contribution in [0.2, 0.25) is 0 Å². The molecule has 5 rings (SSSR count). The van der Waals surface area contributed by atoms with E-state index in [1.807, 2.05) is 48.5 Å². The molecule has 0 saturated carbocycles. The van der Waals surface area contributed by atoms with Crippen LogP contribution in [0.4, 0.5) is 0 Å². The first-order valence-electron chi connectivity index (χ1n) is 9.77. The molecule has 136 valence electrons. The molecule has 1 nitrogen and oxygen atoms in total. The number of fused-ring (bicyclic) bond motifs is 1. The molecule has 1 aliphatic rings. The van der Waals surface area contributed by atoms with Gasteiger partial charge in [0.05, 0.1) is 0 Å². The molecule has 0 amide bonds. The van der Waals surface area contributed by atoms with Gasteiger partial charge in [0.15, 0.2) is 0 Å². The van der Waals surface area contributed by atoms with Crippen LogP contribution in [0.15, 0.2) is 115 Å². The van der Waals surface area contributed by atoms with E-state index in [-0.39, 0.29) is 11.8 Å². The van der Waals surface area contributed by atoms with Gasteiger partial charge in [-0.3, -0.25) is 0 Å². The fraction of sp³-hybridized carbons (Fsp3) is 0.111. The minimum Gasteiger partial charge on any atom is -0.380 e. The van der Waals surface area contributed by atoms with Gasteiger partial charge in [0, 0.05) is 11.8 Å². The van der Waals surface area contributed by atoms with E-state index in [1.165, 1.54) is 11.1 Å². The Bertz CT molecular complexity index is 1070. The predicted octanol–water partition coefficient (Wildman–Crippen LogP) is 5.85. The van der Waals surface area contributed by atoms with Crippen LogP contribution in [0.3, 0.4) is 0 Å². The third kappa shape index (κ3) is 2.51. The second-order valence-corrected chi connectivity index (χ2v) is 7.50. The van der Waals surface area contributed by atoms with Gasteiger partial charge in [0.1, 0.15) is 5.60 Å². The third-order valence-corrected chi connectivity index (χ3v) is 6.02. The van der Waals surface area contributed by atoms with Crippen molar-refractivity contribution in [1.82, 2.24) is 0 Å². The maximum Gasteiger partial charge on any atom is 0.123 e. The molecule has 0 bridgehead atoms. The Morgan fingerprint density at radius 3 is 1.68 bits per heavy atom. The van der Waals surface area contributed by atoms with Crippen molar-refractivity contribution in [1.29, 1.82) is 0 Å². The van der Waals surface area contributed by atoms with Gasteiger partial charge in [-0.25, -0.2) is 0 Å². The molecule has 0 radical (unpaired) electrons. The molecule has 0 aliphatic heterocycles. The minimum absolute atomic E-state index is 0.0880. The van der Waals surface area contributed by atoms with Crippen LogP contribution >= 0.6 is 0 Å². The summed E-state index contributed by atoms with van der Waals surface area (Å²) < 4.78 is 0. The Labute approximate surface area is 165 Å². The summed E-state index contributed by atoms with van der Waals surface area (Å²) in [6.07, 6.45) is 0. The van der Waals surface area contributed by atoms with Gasteiger partial charge in [0.25, 0.3) is 0 Å². The van der Waals surface area contributed by atoms with Crippen LogP contribution in [0.5, 0.6) is 0 Å². The lowest BCUT2D eigenvalue weighted by atomic mass is 9.73. The lowest BCUT2D eigenvalue weighted by Gasteiger charge is -2.35. The first-order valence-corrected chi connectivity index (χ1v) is 9.77. The predicted molar refractivity (Wildman–Crippen MR) is 113 cm³/mol. The smallest absolute Gasteiger partial charge is 0.123 e. The number of rotatable bonds is 3. The highest BCUT2D eigenvalue weighted by Crippen LogP contribution is 2.59. The second kappa shape index (κ2) is 6.78. The van der Waals surface area contributed by atoms with Crippen molar-refractivity contribution in [3.8, 4) is 0 Å². The molecule has 0 spiro atoms. The molecule has 1 heteroatoms. The van der Waals surface area contributed by atoms with E-state index in [0.717, 1.165) is 16.7 Å². The van der Waals surface area contributed by atoms with Crippen LogP contribution in [0.25, 0.3) is 0 Å². The van der Waals surface area contributed by atoms with E-state index >= 15 is 0 Å². The van der Waals surface area contributed by atoms with E-state index in [1.54, 1.807) is 0 Å². The average Bonchev–Trinajstić information content (AvgIpc) is 3.06. The summed E-state index contributed by atoms with van der Waals surface area (Å²) in [4.78, 5) is 0. The van der Waals surface area contributed by atoms with E-state index < -0.39 is 5.60 Å². The van der Waals surface area contributed by atoms with E-state index in [4.69, 9.17) is 0 Å². The molecular weight excluding hydrogens is 340 g/mol.